The molecule has 0 saturated heterocycles. The van der Waals surface area contributed by atoms with Gasteiger partial charge in [0.05, 0.1) is 25.7 Å². The van der Waals surface area contributed by atoms with E-state index in [0.29, 0.717) is 18.5 Å². The molecule has 1 amide bonds. The summed E-state index contributed by atoms with van der Waals surface area (Å²) in [6, 6.07) is 11.9. The maximum atomic E-state index is 12.4. The predicted octanol–water partition coefficient (Wildman–Crippen LogP) is 4.71. The largest absolute Gasteiger partial charge is 0.497 e. The molecule has 1 N–H and O–H groups in total. The molecule has 7 nitrogen and oxygen atoms in total. The summed E-state index contributed by atoms with van der Waals surface area (Å²) in [5.41, 5.74) is 1.00. The fraction of sp³-hybridized carbons (Fsp3) is 0.435. The Labute approximate surface area is 186 Å². The highest BCUT2D eigenvalue weighted by molar-refractivity contribution is 7.99. The van der Waals surface area contributed by atoms with Crippen molar-refractivity contribution in [1.82, 2.24) is 20.1 Å². The average molecular weight is 441 g/mol. The van der Waals surface area contributed by atoms with E-state index in [1.165, 1.54) is 31.0 Å². The third kappa shape index (κ3) is 5.12. The molecule has 2 atom stereocenters. The third-order valence-corrected chi connectivity index (χ3v) is 6.73. The Kier molecular flexibility index (Phi) is 6.96. The maximum absolute atomic E-state index is 12.4. The van der Waals surface area contributed by atoms with Crippen LogP contribution in [0.25, 0.3) is 11.4 Å². The second-order valence-corrected chi connectivity index (χ2v) is 8.82. The van der Waals surface area contributed by atoms with Gasteiger partial charge in [0.1, 0.15) is 11.5 Å². The van der Waals surface area contributed by atoms with E-state index in [2.05, 4.69) is 27.0 Å². The molecule has 2 aromatic heterocycles. The Hall–Kier alpha value is -2.74. The number of carbonyl (C=O) groups is 1. The smallest absolute Gasteiger partial charge is 0.230 e. The fourth-order valence-corrected chi connectivity index (χ4v) is 4.89. The lowest BCUT2D eigenvalue weighted by Crippen LogP contribution is -2.25. The SMILES string of the molecule is COc1ccc(-c2nnc(SCC(=O)NCc3ccco3)n2[C@H]2CCCC[C@H]2C)cc1. The van der Waals surface area contributed by atoms with Crippen LogP contribution in [0.2, 0.25) is 0 Å². The van der Waals surface area contributed by atoms with E-state index in [-0.39, 0.29) is 11.7 Å². The molecule has 1 saturated carbocycles. The van der Waals surface area contributed by atoms with Crippen molar-refractivity contribution in [3.8, 4) is 17.1 Å². The number of carbonyl (C=O) groups excluding carboxylic acids is 1. The summed E-state index contributed by atoms with van der Waals surface area (Å²) in [5.74, 6) is 3.15. The first-order valence-electron chi connectivity index (χ1n) is 10.7. The van der Waals surface area contributed by atoms with E-state index >= 15 is 0 Å². The summed E-state index contributed by atoms with van der Waals surface area (Å²) in [7, 11) is 1.66. The predicted molar refractivity (Wildman–Crippen MR) is 120 cm³/mol. The van der Waals surface area contributed by atoms with E-state index in [9.17, 15) is 4.79 Å². The van der Waals surface area contributed by atoms with Crippen LogP contribution in [0.1, 0.15) is 44.4 Å². The lowest BCUT2D eigenvalue weighted by Gasteiger charge is -2.31. The molecule has 1 aliphatic rings. The molecule has 8 heteroatoms. The van der Waals surface area contributed by atoms with Gasteiger partial charge >= 0.3 is 0 Å². The molecular formula is C23H28N4O3S. The van der Waals surface area contributed by atoms with Gasteiger partial charge in [0.2, 0.25) is 5.91 Å². The number of nitrogens with zero attached hydrogens (tertiary/aromatic N) is 3. The summed E-state index contributed by atoms with van der Waals surface area (Å²) in [6.45, 7) is 2.68. The molecule has 4 rings (SSSR count). The minimum Gasteiger partial charge on any atom is -0.497 e. The van der Waals surface area contributed by atoms with Crippen LogP contribution in [0, 0.1) is 5.92 Å². The van der Waals surface area contributed by atoms with Crippen LogP contribution >= 0.6 is 11.8 Å². The van der Waals surface area contributed by atoms with Crippen molar-refractivity contribution in [2.75, 3.05) is 12.9 Å². The van der Waals surface area contributed by atoms with Gasteiger partial charge in [-0.3, -0.25) is 9.36 Å². The van der Waals surface area contributed by atoms with Gasteiger partial charge in [0.25, 0.3) is 0 Å². The number of thioether (sulfide) groups is 1. The van der Waals surface area contributed by atoms with Gasteiger partial charge in [0, 0.05) is 11.6 Å². The number of aromatic nitrogens is 3. The lowest BCUT2D eigenvalue weighted by atomic mass is 9.85. The van der Waals surface area contributed by atoms with E-state index in [1.807, 2.05) is 36.4 Å². The topological polar surface area (TPSA) is 82.2 Å². The van der Waals surface area contributed by atoms with Crippen molar-refractivity contribution >= 4 is 17.7 Å². The van der Waals surface area contributed by atoms with Gasteiger partial charge in [-0.1, -0.05) is 31.5 Å². The average Bonchev–Trinajstić information content (AvgIpc) is 3.47. The number of ether oxygens (including phenoxy) is 1. The van der Waals surface area contributed by atoms with Crippen LogP contribution < -0.4 is 10.1 Å². The molecule has 1 fully saturated rings. The summed E-state index contributed by atoms with van der Waals surface area (Å²) in [5, 5.41) is 12.7. The van der Waals surface area contributed by atoms with Crippen LogP contribution in [-0.2, 0) is 11.3 Å². The molecule has 31 heavy (non-hydrogen) atoms. The highest BCUT2D eigenvalue weighted by Gasteiger charge is 2.29. The number of hydrogen-bond acceptors (Lipinski definition) is 6. The van der Waals surface area contributed by atoms with Gasteiger partial charge in [-0.25, -0.2) is 0 Å². The second-order valence-electron chi connectivity index (χ2n) is 7.88. The number of furan rings is 1. The number of methoxy groups -OCH3 is 1. The van der Waals surface area contributed by atoms with Gasteiger partial charge in [-0.15, -0.1) is 10.2 Å². The number of benzene rings is 1. The first-order chi connectivity index (χ1) is 15.2. The van der Waals surface area contributed by atoms with Crippen LogP contribution in [0.15, 0.2) is 52.2 Å². The lowest BCUT2D eigenvalue weighted by molar-refractivity contribution is -0.118. The van der Waals surface area contributed by atoms with Gasteiger partial charge in [0.15, 0.2) is 11.0 Å². The van der Waals surface area contributed by atoms with Crippen molar-refractivity contribution in [3.63, 3.8) is 0 Å². The normalized spacial score (nSPS) is 18.6. The number of nitrogens with one attached hydrogen (secondary N) is 1. The Bertz CT molecular complexity index is 985. The van der Waals surface area contributed by atoms with Gasteiger partial charge < -0.3 is 14.5 Å². The highest BCUT2D eigenvalue weighted by atomic mass is 32.2. The number of hydrogen-bond donors (Lipinski definition) is 1. The molecule has 164 valence electrons. The highest BCUT2D eigenvalue weighted by Crippen LogP contribution is 2.39. The first-order valence-corrected chi connectivity index (χ1v) is 11.7. The van der Waals surface area contributed by atoms with Crippen molar-refractivity contribution in [2.45, 2.75) is 50.4 Å². The molecule has 0 radical (unpaired) electrons. The molecule has 1 aliphatic carbocycles. The quantitative estimate of drug-likeness (QED) is 0.511. The Morgan fingerprint density at radius 2 is 2.03 bits per heavy atom. The standard InChI is InChI=1S/C23H28N4O3S/c1-16-6-3-4-8-20(16)27-22(17-9-11-18(29-2)12-10-17)25-26-23(27)31-15-21(28)24-14-19-7-5-13-30-19/h5,7,9-13,16,20H,3-4,6,8,14-15H2,1-2H3,(H,24,28)/t16-,20+/m1/s1. The third-order valence-electron chi connectivity index (χ3n) is 5.78. The van der Waals surface area contributed by atoms with Gasteiger partial charge in [-0.2, -0.15) is 0 Å². The first kappa shape index (κ1) is 21.5. The monoisotopic (exact) mass is 440 g/mol. The maximum Gasteiger partial charge on any atom is 0.230 e. The van der Waals surface area contributed by atoms with Crippen molar-refractivity contribution in [1.29, 1.82) is 0 Å². The van der Waals surface area contributed by atoms with Gasteiger partial charge in [-0.05, 0) is 55.2 Å². The van der Waals surface area contributed by atoms with E-state index in [4.69, 9.17) is 9.15 Å². The van der Waals surface area contributed by atoms with E-state index in [0.717, 1.165) is 34.5 Å². The summed E-state index contributed by atoms with van der Waals surface area (Å²) in [4.78, 5) is 12.4. The minimum atomic E-state index is -0.0568. The van der Waals surface area contributed by atoms with E-state index < -0.39 is 0 Å². The Morgan fingerprint density at radius 3 is 2.74 bits per heavy atom. The van der Waals surface area contributed by atoms with Crippen LogP contribution in [0.5, 0.6) is 5.75 Å². The summed E-state index contributed by atoms with van der Waals surface area (Å²) in [6.07, 6.45) is 6.35. The second kappa shape index (κ2) is 10.0. The van der Waals surface area contributed by atoms with Crippen molar-refractivity contribution in [2.24, 2.45) is 5.92 Å². The number of rotatable bonds is 8. The molecule has 3 aromatic rings. The van der Waals surface area contributed by atoms with Crippen molar-refractivity contribution < 1.29 is 13.9 Å². The summed E-state index contributed by atoms with van der Waals surface area (Å²) < 4.78 is 12.8. The van der Waals surface area contributed by atoms with Crippen LogP contribution in [-0.4, -0.2) is 33.5 Å². The molecular weight excluding hydrogens is 412 g/mol. The summed E-state index contributed by atoms with van der Waals surface area (Å²) >= 11 is 1.43. The molecule has 2 heterocycles. The molecule has 0 aliphatic heterocycles. The molecule has 0 spiro atoms. The molecule has 0 bridgehead atoms. The van der Waals surface area contributed by atoms with E-state index in [1.54, 1.807) is 13.4 Å². The minimum absolute atomic E-state index is 0.0568. The Morgan fingerprint density at radius 1 is 1.23 bits per heavy atom. The Balaban J connectivity index is 1.53. The molecule has 1 aromatic carbocycles. The van der Waals surface area contributed by atoms with Crippen LogP contribution in [0.4, 0.5) is 0 Å². The van der Waals surface area contributed by atoms with Crippen LogP contribution in [0.3, 0.4) is 0 Å². The van der Waals surface area contributed by atoms with Crippen molar-refractivity contribution in [3.05, 3.63) is 48.4 Å². The zero-order valence-electron chi connectivity index (χ0n) is 17.9. The molecule has 0 unspecified atom stereocenters. The zero-order valence-corrected chi connectivity index (χ0v) is 18.7. The fourth-order valence-electron chi connectivity index (χ4n) is 4.07. The zero-order chi connectivity index (χ0) is 21.6. The number of amides is 1.